The molecule has 1 fully saturated rings. The highest BCUT2D eigenvalue weighted by molar-refractivity contribution is 14.1. The Balaban J connectivity index is 1.53. The van der Waals surface area contributed by atoms with Crippen molar-refractivity contribution in [3.8, 4) is 17.2 Å². The lowest BCUT2D eigenvalue weighted by atomic mass is 10.2. The van der Waals surface area contributed by atoms with Crippen molar-refractivity contribution in [1.82, 2.24) is 4.90 Å². The first kappa shape index (κ1) is 27.0. The molecule has 0 spiro atoms. The number of hydrogen-bond acceptors (Lipinski definition) is 8. The molecule has 0 aromatic heterocycles. The Morgan fingerprint density at radius 1 is 0.973 bits per heavy atom. The summed E-state index contributed by atoms with van der Waals surface area (Å²) in [5, 5.41) is -0.387. The van der Waals surface area contributed by atoms with Gasteiger partial charge in [-0.2, -0.15) is 8.42 Å². The van der Waals surface area contributed by atoms with E-state index in [1.165, 1.54) is 12.1 Å². The van der Waals surface area contributed by atoms with Gasteiger partial charge in [-0.15, -0.1) is 0 Å². The molecule has 1 saturated heterocycles. The molecule has 1 aliphatic rings. The topological polar surface area (TPSA) is 99.2 Å². The molecule has 0 saturated carbocycles. The van der Waals surface area contributed by atoms with Crippen LogP contribution in [0.4, 0.5) is 4.79 Å². The van der Waals surface area contributed by atoms with Crippen molar-refractivity contribution in [3.05, 3.63) is 86.8 Å². The van der Waals surface area contributed by atoms with E-state index >= 15 is 0 Å². The molecule has 4 rings (SSSR count). The smallest absolute Gasteiger partial charge is 0.339 e. The van der Waals surface area contributed by atoms with E-state index in [2.05, 4.69) is 0 Å². The largest absolute Gasteiger partial charge is 0.492 e. The normalized spacial score (nSPS) is 14.8. The molecular weight excluding hydrogens is 629 g/mol. The van der Waals surface area contributed by atoms with Crippen LogP contribution < -0.4 is 13.7 Å². The van der Waals surface area contributed by atoms with Gasteiger partial charge in [0.25, 0.3) is 11.1 Å². The molecule has 37 heavy (non-hydrogen) atoms. The minimum absolute atomic E-state index is 0.0160. The van der Waals surface area contributed by atoms with Crippen LogP contribution in [0, 0.1) is 3.57 Å². The van der Waals surface area contributed by atoms with Crippen LogP contribution in [0.5, 0.6) is 17.2 Å². The summed E-state index contributed by atoms with van der Waals surface area (Å²) in [6.45, 7) is 2.31. The van der Waals surface area contributed by atoms with Gasteiger partial charge >= 0.3 is 10.1 Å². The number of carbonyl (C=O) groups is 2. The Bertz CT molecular complexity index is 1430. The van der Waals surface area contributed by atoms with Crippen LogP contribution in [-0.2, 0) is 14.9 Å². The molecule has 0 atom stereocenters. The van der Waals surface area contributed by atoms with E-state index in [0.29, 0.717) is 14.9 Å². The minimum Gasteiger partial charge on any atom is -0.492 e. The summed E-state index contributed by atoms with van der Waals surface area (Å²) in [6, 6.07) is 20.2. The van der Waals surface area contributed by atoms with Gasteiger partial charge in [-0.05, 0) is 89.3 Å². The first-order valence-corrected chi connectivity index (χ1v) is 14.5. The number of para-hydroxylation sites is 1. The minimum atomic E-state index is -4.09. The highest BCUT2D eigenvalue weighted by atomic mass is 127. The summed E-state index contributed by atoms with van der Waals surface area (Å²) in [5.74, 6) is 0.483. The molecule has 1 aliphatic heterocycles. The van der Waals surface area contributed by atoms with E-state index in [1.807, 2.05) is 40.8 Å². The Morgan fingerprint density at radius 3 is 2.32 bits per heavy atom. The third-order valence-electron chi connectivity index (χ3n) is 5.05. The van der Waals surface area contributed by atoms with Gasteiger partial charge in [0.05, 0.1) is 21.6 Å². The summed E-state index contributed by atoms with van der Waals surface area (Å²) >= 11 is 2.78. The monoisotopic (exact) mass is 651 g/mol. The van der Waals surface area contributed by atoms with Crippen molar-refractivity contribution in [3.63, 3.8) is 0 Å². The van der Waals surface area contributed by atoms with Crippen molar-refractivity contribution in [2.45, 2.75) is 11.8 Å². The number of halogens is 1. The van der Waals surface area contributed by atoms with Crippen molar-refractivity contribution in [1.29, 1.82) is 0 Å². The summed E-state index contributed by atoms with van der Waals surface area (Å²) in [6.07, 6.45) is 1.57. The van der Waals surface area contributed by atoms with Crippen LogP contribution in [0.2, 0.25) is 0 Å². The van der Waals surface area contributed by atoms with E-state index in [9.17, 15) is 18.0 Å². The lowest BCUT2D eigenvalue weighted by Crippen LogP contribution is -2.32. The van der Waals surface area contributed by atoms with Crippen LogP contribution in [-0.4, -0.2) is 44.2 Å². The van der Waals surface area contributed by atoms with Crippen LogP contribution in [0.3, 0.4) is 0 Å². The fraction of sp³-hybridized carbons (Fsp3) is 0.154. The van der Waals surface area contributed by atoms with Crippen molar-refractivity contribution in [2.75, 3.05) is 19.8 Å². The maximum absolute atomic E-state index is 12.9. The Labute approximate surface area is 232 Å². The third kappa shape index (κ3) is 6.65. The molecule has 0 unspecified atom stereocenters. The van der Waals surface area contributed by atoms with Crippen LogP contribution in [0.25, 0.3) is 6.08 Å². The number of benzene rings is 3. The van der Waals surface area contributed by atoms with Gasteiger partial charge in [0, 0.05) is 0 Å². The number of imide groups is 1. The SMILES string of the molecule is CCOc1cc(/C=C2\SC(=O)N(CCOc3ccccc3)C2=O)cc(I)c1OS(=O)(=O)c1ccccc1. The summed E-state index contributed by atoms with van der Waals surface area (Å²) in [4.78, 5) is 26.8. The first-order valence-electron chi connectivity index (χ1n) is 11.2. The summed E-state index contributed by atoms with van der Waals surface area (Å²) < 4.78 is 42.7. The molecule has 1 heterocycles. The molecule has 0 bridgehead atoms. The molecule has 3 aromatic rings. The van der Waals surface area contributed by atoms with E-state index < -0.39 is 16.0 Å². The van der Waals surface area contributed by atoms with Gasteiger partial charge < -0.3 is 13.7 Å². The average molecular weight is 652 g/mol. The molecule has 2 amide bonds. The maximum Gasteiger partial charge on any atom is 0.339 e. The number of nitrogens with zero attached hydrogens (tertiary/aromatic N) is 1. The molecule has 3 aromatic carbocycles. The second-order valence-electron chi connectivity index (χ2n) is 7.61. The van der Waals surface area contributed by atoms with Crippen LogP contribution >= 0.6 is 34.4 Å². The summed E-state index contributed by atoms with van der Waals surface area (Å²) in [5.41, 5.74) is 0.559. The molecular formula is C26H22INO7S2. The molecule has 11 heteroatoms. The zero-order chi connectivity index (χ0) is 26.4. The highest BCUT2D eigenvalue weighted by Gasteiger charge is 2.35. The maximum atomic E-state index is 12.9. The lowest BCUT2D eigenvalue weighted by molar-refractivity contribution is -0.123. The fourth-order valence-electron chi connectivity index (χ4n) is 3.38. The Hall–Kier alpha value is -3.03. The predicted octanol–water partition coefficient (Wildman–Crippen LogP) is 5.57. The van der Waals surface area contributed by atoms with Gasteiger partial charge in [-0.3, -0.25) is 14.5 Å². The van der Waals surface area contributed by atoms with E-state index in [-0.39, 0.29) is 46.3 Å². The number of ether oxygens (including phenoxy) is 2. The average Bonchev–Trinajstić information content (AvgIpc) is 3.15. The molecule has 0 radical (unpaired) electrons. The highest BCUT2D eigenvalue weighted by Crippen LogP contribution is 2.38. The van der Waals surface area contributed by atoms with Gasteiger partial charge in [0.15, 0.2) is 11.5 Å². The van der Waals surface area contributed by atoms with Crippen molar-refractivity contribution >= 4 is 61.7 Å². The predicted molar refractivity (Wildman–Crippen MR) is 149 cm³/mol. The third-order valence-corrected chi connectivity index (χ3v) is 8.00. The zero-order valence-electron chi connectivity index (χ0n) is 19.6. The molecule has 0 aliphatic carbocycles. The first-order chi connectivity index (χ1) is 17.8. The Morgan fingerprint density at radius 2 is 1.65 bits per heavy atom. The fourth-order valence-corrected chi connectivity index (χ4v) is 6.10. The van der Waals surface area contributed by atoms with Gasteiger partial charge in [-0.1, -0.05) is 36.4 Å². The van der Waals surface area contributed by atoms with Gasteiger partial charge in [0.1, 0.15) is 17.3 Å². The number of carbonyl (C=O) groups excluding carboxylic acids is 2. The number of thioether (sulfide) groups is 1. The summed E-state index contributed by atoms with van der Waals surface area (Å²) in [7, 11) is -4.09. The zero-order valence-corrected chi connectivity index (χ0v) is 23.4. The number of rotatable bonds is 10. The standard InChI is InChI=1S/C26H22INO7S2/c1-2-33-22-16-18(15-21(27)24(22)35-37(31,32)20-11-7-4-8-12-20)17-23-25(29)28(26(30)36-23)13-14-34-19-9-5-3-6-10-19/h3-12,15-17H,2,13-14H2,1H3/b23-17-. The second-order valence-corrected chi connectivity index (χ2v) is 11.3. The van der Waals surface area contributed by atoms with Gasteiger partial charge in [0.2, 0.25) is 0 Å². The molecule has 192 valence electrons. The number of hydrogen-bond donors (Lipinski definition) is 0. The molecule has 8 nitrogen and oxygen atoms in total. The lowest BCUT2D eigenvalue weighted by Gasteiger charge is -2.15. The number of amides is 2. The van der Waals surface area contributed by atoms with E-state index in [1.54, 1.807) is 55.5 Å². The quantitative estimate of drug-likeness (QED) is 0.159. The molecule has 0 N–H and O–H groups in total. The van der Waals surface area contributed by atoms with Gasteiger partial charge in [-0.25, -0.2) is 0 Å². The van der Waals surface area contributed by atoms with Crippen LogP contribution in [0.15, 0.2) is 82.6 Å². The van der Waals surface area contributed by atoms with E-state index in [4.69, 9.17) is 13.7 Å². The second kappa shape index (κ2) is 12.0. The Kier molecular flexibility index (Phi) is 8.77. The van der Waals surface area contributed by atoms with Crippen LogP contribution in [0.1, 0.15) is 12.5 Å². The van der Waals surface area contributed by atoms with E-state index in [0.717, 1.165) is 16.7 Å². The van der Waals surface area contributed by atoms with Crippen molar-refractivity contribution < 1.29 is 31.7 Å². The van der Waals surface area contributed by atoms with Crippen molar-refractivity contribution in [2.24, 2.45) is 0 Å².